The van der Waals surface area contributed by atoms with E-state index in [0.29, 0.717) is 18.5 Å². The van der Waals surface area contributed by atoms with E-state index in [9.17, 15) is 22.4 Å². The van der Waals surface area contributed by atoms with Crippen LogP contribution in [0.1, 0.15) is 25.7 Å². The molecule has 1 amide bonds. The number of amides is 1. The average Bonchev–Trinajstić information content (AvgIpc) is 2.42. The lowest BCUT2D eigenvalue weighted by Crippen LogP contribution is -2.34. The Morgan fingerprint density at radius 3 is 2.62 bits per heavy atom. The molecule has 2 nitrogen and oxygen atoms in total. The predicted octanol–water partition coefficient (Wildman–Crippen LogP) is 4.90. The van der Waals surface area contributed by atoms with E-state index in [1.807, 2.05) is 0 Å². The smallest absolute Gasteiger partial charge is 0.326 e. The van der Waals surface area contributed by atoms with Crippen LogP contribution in [0.4, 0.5) is 23.2 Å². The highest BCUT2D eigenvalue weighted by Gasteiger charge is 2.43. The van der Waals surface area contributed by atoms with Crippen molar-refractivity contribution in [1.29, 1.82) is 0 Å². The predicted molar refractivity (Wildman–Crippen MR) is 74.2 cm³/mol. The van der Waals surface area contributed by atoms with Crippen molar-refractivity contribution in [3.63, 3.8) is 0 Å². The fourth-order valence-corrected chi connectivity index (χ4v) is 2.92. The molecule has 116 valence electrons. The fourth-order valence-electron chi connectivity index (χ4n) is 2.54. The van der Waals surface area contributed by atoms with Crippen LogP contribution in [0.5, 0.6) is 0 Å². The molecule has 1 aliphatic carbocycles. The maximum absolute atomic E-state index is 13.1. The Labute approximate surface area is 128 Å². The van der Waals surface area contributed by atoms with Gasteiger partial charge in [0, 0.05) is 11.6 Å². The topological polar surface area (TPSA) is 29.1 Å². The van der Waals surface area contributed by atoms with Gasteiger partial charge >= 0.3 is 6.18 Å². The van der Waals surface area contributed by atoms with E-state index in [1.165, 1.54) is 18.2 Å². The SMILES string of the molecule is O=C(Nc1ccc(F)c(Br)c1)C1CCCC(C(F)(F)F)C1. The van der Waals surface area contributed by atoms with Crippen molar-refractivity contribution in [2.24, 2.45) is 11.8 Å². The second kappa shape index (κ2) is 6.34. The molecule has 2 unspecified atom stereocenters. The molecule has 21 heavy (non-hydrogen) atoms. The van der Waals surface area contributed by atoms with Crippen molar-refractivity contribution in [2.75, 3.05) is 5.32 Å². The fraction of sp³-hybridized carbons (Fsp3) is 0.500. The molecule has 0 aliphatic heterocycles. The molecule has 7 heteroatoms. The number of halogens is 5. The Balaban J connectivity index is 2.01. The molecule has 2 atom stereocenters. The molecule has 1 aliphatic rings. The number of carbonyl (C=O) groups is 1. The molecule has 1 saturated carbocycles. The number of anilines is 1. The van der Waals surface area contributed by atoms with Crippen LogP contribution >= 0.6 is 15.9 Å². The standard InChI is InChI=1S/C14H14BrF4NO/c15-11-7-10(4-5-12(11)16)20-13(21)8-2-1-3-9(6-8)14(17,18)19/h4-5,7-9H,1-3,6H2,(H,20,21). The van der Waals surface area contributed by atoms with Crippen LogP contribution in [0.2, 0.25) is 0 Å². The number of benzene rings is 1. The van der Waals surface area contributed by atoms with E-state index in [2.05, 4.69) is 21.2 Å². The number of carbonyl (C=O) groups excluding carboxylic acids is 1. The summed E-state index contributed by atoms with van der Waals surface area (Å²) in [5.74, 6) is -2.98. The minimum Gasteiger partial charge on any atom is -0.326 e. The quantitative estimate of drug-likeness (QED) is 0.740. The number of hydrogen-bond acceptors (Lipinski definition) is 1. The largest absolute Gasteiger partial charge is 0.391 e. The van der Waals surface area contributed by atoms with Gasteiger partial charge in [0.25, 0.3) is 0 Å². The molecular formula is C14H14BrF4NO. The second-order valence-electron chi connectivity index (χ2n) is 5.22. The maximum Gasteiger partial charge on any atom is 0.391 e. The molecule has 0 saturated heterocycles. The number of rotatable bonds is 2. The molecule has 0 aromatic heterocycles. The maximum atomic E-state index is 13.1. The lowest BCUT2D eigenvalue weighted by atomic mass is 9.80. The Hall–Kier alpha value is -1.11. The van der Waals surface area contributed by atoms with Gasteiger partial charge < -0.3 is 5.32 Å². The van der Waals surface area contributed by atoms with E-state index < -0.39 is 29.7 Å². The van der Waals surface area contributed by atoms with Crippen LogP contribution in [0.15, 0.2) is 22.7 Å². The summed E-state index contributed by atoms with van der Waals surface area (Å²) in [5.41, 5.74) is 0.363. The zero-order valence-corrected chi connectivity index (χ0v) is 12.6. The highest BCUT2D eigenvalue weighted by molar-refractivity contribution is 9.10. The van der Waals surface area contributed by atoms with Gasteiger partial charge in [-0.3, -0.25) is 4.79 Å². The van der Waals surface area contributed by atoms with E-state index in [-0.39, 0.29) is 17.3 Å². The first-order valence-electron chi connectivity index (χ1n) is 6.60. The lowest BCUT2D eigenvalue weighted by molar-refractivity contribution is -0.185. The summed E-state index contributed by atoms with van der Waals surface area (Å²) < 4.78 is 51.4. The number of hydrogen-bond donors (Lipinski definition) is 1. The molecule has 0 radical (unpaired) electrons. The third kappa shape index (κ3) is 4.18. The highest BCUT2D eigenvalue weighted by atomic mass is 79.9. The number of alkyl halides is 3. The molecular weight excluding hydrogens is 354 g/mol. The second-order valence-corrected chi connectivity index (χ2v) is 6.07. The molecule has 2 rings (SSSR count). The van der Waals surface area contributed by atoms with E-state index in [4.69, 9.17) is 0 Å². The zero-order valence-electron chi connectivity index (χ0n) is 11.0. The first kappa shape index (κ1) is 16.3. The van der Waals surface area contributed by atoms with Crippen LogP contribution in [-0.4, -0.2) is 12.1 Å². The van der Waals surface area contributed by atoms with E-state index in [0.717, 1.165) is 0 Å². The molecule has 0 bridgehead atoms. The average molecular weight is 368 g/mol. The Kier molecular flexibility index (Phi) is 4.91. The molecule has 1 aromatic carbocycles. The molecule has 0 heterocycles. The van der Waals surface area contributed by atoms with Crippen LogP contribution < -0.4 is 5.32 Å². The summed E-state index contributed by atoms with van der Waals surface area (Å²) in [6.07, 6.45) is -3.53. The Morgan fingerprint density at radius 1 is 1.29 bits per heavy atom. The van der Waals surface area contributed by atoms with Crippen molar-refractivity contribution in [3.8, 4) is 0 Å². The summed E-state index contributed by atoms with van der Waals surface area (Å²) in [4.78, 5) is 12.0. The van der Waals surface area contributed by atoms with Crippen molar-refractivity contribution in [2.45, 2.75) is 31.9 Å². The minimum absolute atomic E-state index is 0.0787. The third-order valence-corrected chi connectivity index (χ3v) is 4.30. The Morgan fingerprint density at radius 2 is 2.00 bits per heavy atom. The lowest BCUT2D eigenvalue weighted by Gasteiger charge is -2.29. The summed E-state index contributed by atoms with van der Waals surface area (Å²) in [6.45, 7) is 0. The van der Waals surface area contributed by atoms with Crippen LogP contribution in [-0.2, 0) is 4.79 Å². The van der Waals surface area contributed by atoms with Crippen molar-refractivity contribution < 1.29 is 22.4 Å². The first-order valence-corrected chi connectivity index (χ1v) is 7.39. The van der Waals surface area contributed by atoms with Crippen molar-refractivity contribution in [1.82, 2.24) is 0 Å². The molecule has 0 spiro atoms. The van der Waals surface area contributed by atoms with Crippen LogP contribution in [0.25, 0.3) is 0 Å². The summed E-state index contributed by atoms with van der Waals surface area (Å²) >= 11 is 2.99. The van der Waals surface area contributed by atoms with Gasteiger partial charge in [-0.2, -0.15) is 13.2 Å². The van der Waals surface area contributed by atoms with E-state index >= 15 is 0 Å². The van der Waals surface area contributed by atoms with Gasteiger partial charge in [0.05, 0.1) is 10.4 Å². The van der Waals surface area contributed by atoms with E-state index in [1.54, 1.807) is 0 Å². The monoisotopic (exact) mass is 367 g/mol. The van der Waals surface area contributed by atoms with Crippen LogP contribution in [0.3, 0.4) is 0 Å². The van der Waals surface area contributed by atoms with Crippen molar-refractivity contribution >= 4 is 27.5 Å². The van der Waals surface area contributed by atoms with Gasteiger partial charge in [-0.05, 0) is 53.4 Å². The van der Waals surface area contributed by atoms with Gasteiger partial charge in [0.15, 0.2) is 0 Å². The third-order valence-electron chi connectivity index (χ3n) is 3.70. The van der Waals surface area contributed by atoms with Gasteiger partial charge in [0.2, 0.25) is 5.91 Å². The van der Waals surface area contributed by atoms with Gasteiger partial charge in [-0.1, -0.05) is 6.42 Å². The van der Waals surface area contributed by atoms with Crippen LogP contribution in [0, 0.1) is 17.7 Å². The summed E-state index contributed by atoms with van der Waals surface area (Å²) in [6, 6.07) is 3.94. The minimum atomic E-state index is -4.25. The molecule has 1 aromatic rings. The molecule has 1 N–H and O–H groups in total. The zero-order chi connectivity index (χ0) is 15.6. The highest BCUT2D eigenvalue weighted by Crippen LogP contribution is 2.40. The van der Waals surface area contributed by atoms with Gasteiger partial charge in [0.1, 0.15) is 5.82 Å². The summed E-state index contributed by atoms with van der Waals surface area (Å²) in [7, 11) is 0. The normalized spacial score (nSPS) is 22.9. The summed E-state index contributed by atoms with van der Waals surface area (Å²) in [5, 5.41) is 2.55. The molecule has 1 fully saturated rings. The number of nitrogens with one attached hydrogen (secondary N) is 1. The first-order chi connectivity index (χ1) is 9.77. The van der Waals surface area contributed by atoms with Crippen molar-refractivity contribution in [3.05, 3.63) is 28.5 Å². The Bertz CT molecular complexity index is 532. The van der Waals surface area contributed by atoms with Gasteiger partial charge in [-0.25, -0.2) is 4.39 Å². The van der Waals surface area contributed by atoms with Gasteiger partial charge in [-0.15, -0.1) is 0 Å².